The molecule has 0 bridgehead atoms. The maximum atomic E-state index is 12.4. The van der Waals surface area contributed by atoms with Crippen LogP contribution in [-0.2, 0) is 23.6 Å². The number of hydrogen-bond donors (Lipinski definition) is 1. The van der Waals surface area contributed by atoms with Gasteiger partial charge in [0, 0.05) is 51.1 Å². The van der Waals surface area contributed by atoms with E-state index in [4.69, 9.17) is 4.43 Å². The predicted molar refractivity (Wildman–Crippen MR) is 189 cm³/mol. The van der Waals surface area contributed by atoms with Gasteiger partial charge in [0.05, 0.1) is 0 Å². The van der Waals surface area contributed by atoms with Crippen LogP contribution in [-0.4, -0.2) is 56.4 Å². The lowest BCUT2D eigenvalue weighted by Gasteiger charge is -2.61. The molecule has 0 radical (unpaired) electrons. The maximum Gasteiger partial charge on any atom is 0.253 e. The molecule has 264 valence electrons. The summed E-state index contributed by atoms with van der Waals surface area (Å²) in [5.74, 6) is 4.61. The first-order valence-corrected chi connectivity index (χ1v) is 22.3. The third kappa shape index (κ3) is 8.00. The molecule has 1 N–H and O–H groups in total. The number of imide groups is 1. The summed E-state index contributed by atoms with van der Waals surface area (Å²) in [5, 5.41) is 2.81. The van der Waals surface area contributed by atoms with Crippen LogP contribution >= 0.6 is 0 Å². The highest BCUT2D eigenvalue weighted by molar-refractivity contribution is 6.71. The van der Waals surface area contributed by atoms with Crippen molar-refractivity contribution in [3.8, 4) is 0 Å². The topological polar surface area (TPSA) is 92.8 Å². The minimum absolute atomic E-state index is 0.184. The first-order valence-electron chi connectivity index (χ1n) is 19.2. The largest absolute Gasteiger partial charge is 0.414 e. The Labute approximate surface area is 285 Å². The van der Waals surface area contributed by atoms with E-state index in [1.165, 1.54) is 74.8 Å². The average molecular weight is 669 g/mol. The van der Waals surface area contributed by atoms with Crippen LogP contribution in [0, 0.1) is 46.3 Å². The van der Waals surface area contributed by atoms with Gasteiger partial charge in [-0.15, -0.1) is 0 Å². The second kappa shape index (κ2) is 15.0. The van der Waals surface area contributed by atoms with Gasteiger partial charge in [0.25, 0.3) is 11.8 Å². The molecule has 3 amide bonds. The summed E-state index contributed by atoms with van der Waals surface area (Å²) >= 11 is 0. The highest BCUT2D eigenvalue weighted by Gasteiger charge is 2.60. The molecule has 0 unspecified atom stereocenters. The van der Waals surface area contributed by atoms with Gasteiger partial charge in [-0.25, -0.2) is 0 Å². The molecule has 0 saturated heterocycles. The van der Waals surface area contributed by atoms with Gasteiger partial charge in [0.1, 0.15) is 5.78 Å². The smallest absolute Gasteiger partial charge is 0.253 e. The van der Waals surface area contributed by atoms with Crippen LogP contribution in [0.25, 0.3) is 0 Å². The normalized spacial score (nSPS) is 35.7. The fraction of sp³-hybridized carbons (Fsp3) is 0.846. The average Bonchev–Trinajstić information content (AvgIpc) is 3.55. The number of Topliss-reactive ketones (excluding diaryl/α,β-unsaturated/α-hetero) is 1. The lowest BCUT2D eigenvalue weighted by atomic mass is 9.44. The van der Waals surface area contributed by atoms with E-state index >= 15 is 0 Å². The highest BCUT2D eigenvalue weighted by atomic mass is 28.4. The van der Waals surface area contributed by atoms with Crippen LogP contribution in [0.4, 0.5) is 0 Å². The van der Waals surface area contributed by atoms with Crippen molar-refractivity contribution in [2.45, 2.75) is 149 Å². The standard InChI is InChI=1S/C39H64N2O5Si/c1-27(12-17-35(43)40-4)32-15-16-33-31-14-13-28-26-30(20-22-38(28,2)34(31)21-23-39(32,33)3)46-47(5,6)25-8-7-10-29(42)11-9-24-41-36(44)18-19-37(41)45/h18-19,27-28,30-34H,7-17,20-26H2,1-6H3,(H,40,43)/t27-,28-,30-,31+,32-,33+,34+,38+,39-/m1/s1. The molecule has 47 heavy (non-hydrogen) atoms. The van der Waals surface area contributed by atoms with Gasteiger partial charge >= 0.3 is 0 Å². The van der Waals surface area contributed by atoms with Gasteiger partial charge in [-0.3, -0.25) is 24.1 Å². The fourth-order valence-electron chi connectivity index (χ4n) is 11.6. The Morgan fingerprint density at radius 1 is 0.915 bits per heavy atom. The zero-order valence-corrected chi connectivity index (χ0v) is 31.4. The predicted octanol–water partition coefficient (Wildman–Crippen LogP) is 7.84. The highest BCUT2D eigenvalue weighted by Crippen LogP contribution is 2.68. The number of ketones is 1. The molecule has 4 aliphatic carbocycles. The number of nitrogens with zero attached hydrogens (tertiary/aromatic N) is 1. The van der Waals surface area contributed by atoms with Crippen molar-refractivity contribution in [1.29, 1.82) is 0 Å². The number of amides is 3. The summed E-state index contributed by atoms with van der Waals surface area (Å²) in [6, 6.07) is 1.09. The molecule has 0 aromatic heterocycles. The summed E-state index contributed by atoms with van der Waals surface area (Å²) in [6.45, 7) is 12.8. The molecule has 5 rings (SSSR count). The number of fused-ring (bicyclic) bond motifs is 5. The molecule has 4 saturated carbocycles. The van der Waals surface area contributed by atoms with Crippen LogP contribution < -0.4 is 5.32 Å². The Bertz CT molecular complexity index is 1180. The molecular formula is C39H64N2O5Si. The van der Waals surface area contributed by atoms with E-state index in [9.17, 15) is 19.2 Å². The molecule has 0 aromatic carbocycles. The minimum atomic E-state index is -1.82. The van der Waals surface area contributed by atoms with Crippen molar-refractivity contribution in [2.75, 3.05) is 13.6 Å². The Hall–Kier alpha value is -1.80. The van der Waals surface area contributed by atoms with Gasteiger partial charge < -0.3 is 9.74 Å². The Morgan fingerprint density at radius 3 is 2.32 bits per heavy atom. The molecule has 1 aliphatic heterocycles. The molecule has 0 aromatic rings. The third-order valence-corrected chi connectivity index (χ3v) is 16.7. The lowest BCUT2D eigenvalue weighted by Crippen LogP contribution is -2.55. The van der Waals surface area contributed by atoms with E-state index in [2.05, 4.69) is 39.2 Å². The first kappa shape index (κ1) is 36.5. The summed E-state index contributed by atoms with van der Waals surface area (Å²) in [5.41, 5.74) is 0.893. The van der Waals surface area contributed by atoms with Crippen molar-refractivity contribution in [3.63, 3.8) is 0 Å². The molecule has 7 nitrogen and oxygen atoms in total. The maximum absolute atomic E-state index is 12.4. The minimum Gasteiger partial charge on any atom is -0.414 e. The molecule has 4 fully saturated rings. The van der Waals surface area contributed by atoms with E-state index < -0.39 is 8.32 Å². The summed E-state index contributed by atoms with van der Waals surface area (Å²) in [4.78, 5) is 49.0. The summed E-state index contributed by atoms with van der Waals surface area (Å²) < 4.78 is 6.98. The van der Waals surface area contributed by atoms with Gasteiger partial charge in [-0.2, -0.15) is 0 Å². The molecular weight excluding hydrogens is 605 g/mol. The zero-order valence-electron chi connectivity index (χ0n) is 30.4. The van der Waals surface area contributed by atoms with Crippen LogP contribution in [0.5, 0.6) is 0 Å². The van der Waals surface area contributed by atoms with Crippen molar-refractivity contribution >= 4 is 31.8 Å². The summed E-state index contributed by atoms with van der Waals surface area (Å²) in [6.07, 6.45) is 20.1. The molecule has 1 heterocycles. The molecule has 0 spiro atoms. The van der Waals surface area contributed by atoms with E-state index in [1.54, 1.807) is 7.05 Å². The van der Waals surface area contributed by atoms with Crippen LogP contribution in [0.15, 0.2) is 12.2 Å². The van der Waals surface area contributed by atoms with Gasteiger partial charge in [0.15, 0.2) is 8.32 Å². The van der Waals surface area contributed by atoms with Crippen molar-refractivity contribution in [2.24, 2.45) is 46.3 Å². The van der Waals surface area contributed by atoms with Crippen molar-refractivity contribution < 1.29 is 23.6 Å². The van der Waals surface area contributed by atoms with Crippen LogP contribution in [0.2, 0.25) is 19.1 Å². The van der Waals surface area contributed by atoms with Gasteiger partial charge in [-0.05, 0) is 143 Å². The van der Waals surface area contributed by atoms with Gasteiger partial charge in [-0.1, -0.05) is 27.2 Å². The third-order valence-electron chi connectivity index (χ3n) is 14.2. The van der Waals surface area contributed by atoms with E-state index in [-0.39, 0.29) is 23.5 Å². The molecule has 8 heteroatoms. The number of rotatable bonds is 15. The number of nitrogens with one attached hydrogen (secondary N) is 1. The monoisotopic (exact) mass is 668 g/mol. The van der Waals surface area contributed by atoms with Crippen molar-refractivity contribution in [3.05, 3.63) is 12.2 Å². The number of carbonyl (C=O) groups is 4. The van der Waals surface area contributed by atoms with Crippen molar-refractivity contribution in [1.82, 2.24) is 10.2 Å². The van der Waals surface area contributed by atoms with Gasteiger partial charge in [0.2, 0.25) is 5.91 Å². The number of carbonyl (C=O) groups excluding carboxylic acids is 4. The number of unbranched alkanes of at least 4 members (excludes halogenated alkanes) is 1. The second-order valence-corrected chi connectivity index (χ2v) is 21.6. The summed E-state index contributed by atoms with van der Waals surface area (Å²) in [7, 11) is -0.0704. The fourth-order valence-corrected chi connectivity index (χ4v) is 13.9. The first-order chi connectivity index (χ1) is 22.3. The Kier molecular flexibility index (Phi) is 11.6. The molecule has 9 atom stereocenters. The lowest BCUT2D eigenvalue weighted by molar-refractivity contribution is -0.137. The SMILES string of the molecule is CNC(=O)CC[C@@H](C)[C@H]1CC[C@H]2[C@@H]3CC[C@@H]4C[C@H](O[Si](C)(C)CCCCC(=O)CCCN5C(=O)C=CC5=O)CC[C@]4(C)[C@H]3CC[C@]12C. The van der Waals surface area contributed by atoms with Crippen LogP contribution in [0.1, 0.15) is 124 Å². The van der Waals surface area contributed by atoms with E-state index in [0.29, 0.717) is 55.1 Å². The zero-order chi connectivity index (χ0) is 34.0. The number of hydrogen-bond acceptors (Lipinski definition) is 5. The second-order valence-electron chi connectivity index (χ2n) is 17.4. The van der Waals surface area contributed by atoms with E-state index in [0.717, 1.165) is 54.9 Å². The Balaban J connectivity index is 1.05. The molecule has 5 aliphatic rings. The van der Waals surface area contributed by atoms with Crippen LogP contribution in [0.3, 0.4) is 0 Å². The van der Waals surface area contributed by atoms with E-state index in [1.807, 2.05) is 0 Å². The quantitative estimate of drug-likeness (QED) is 0.109. The Morgan fingerprint density at radius 2 is 1.60 bits per heavy atom.